The third-order valence-corrected chi connectivity index (χ3v) is 6.89. The fourth-order valence-corrected chi connectivity index (χ4v) is 5.45. The van der Waals surface area contributed by atoms with Gasteiger partial charge in [-0.05, 0) is 49.8 Å². The second-order valence-electron chi connectivity index (χ2n) is 7.66. The van der Waals surface area contributed by atoms with Gasteiger partial charge in [-0.1, -0.05) is 42.5 Å². The molecule has 1 fully saturated rings. The standard InChI is InChI=1S/C21H28N2O3S/c1-22(2)11-5-12-23(20-10-13-27(25,26)16-20)21(24)15-17-8-9-18-6-3-4-7-19(18)14-17/h3-4,6-9,14,20H,5,10-13,15-16H2,1-2H3. The van der Waals surface area contributed by atoms with E-state index in [1.807, 2.05) is 49.3 Å². The van der Waals surface area contributed by atoms with Crippen LogP contribution < -0.4 is 0 Å². The van der Waals surface area contributed by atoms with Crippen LogP contribution in [0.3, 0.4) is 0 Å². The number of hydrogen-bond donors (Lipinski definition) is 0. The molecule has 0 bridgehead atoms. The topological polar surface area (TPSA) is 57.7 Å². The molecule has 1 saturated heterocycles. The van der Waals surface area contributed by atoms with Crippen molar-refractivity contribution in [2.75, 3.05) is 38.7 Å². The molecule has 146 valence electrons. The molecule has 1 unspecified atom stereocenters. The van der Waals surface area contributed by atoms with Gasteiger partial charge in [-0.25, -0.2) is 8.42 Å². The molecule has 6 heteroatoms. The Bertz CT molecular complexity index is 909. The van der Waals surface area contributed by atoms with Crippen LogP contribution in [-0.4, -0.2) is 68.9 Å². The first-order valence-corrected chi connectivity index (χ1v) is 11.3. The van der Waals surface area contributed by atoms with Gasteiger partial charge in [0.15, 0.2) is 9.84 Å². The van der Waals surface area contributed by atoms with Crippen LogP contribution in [0.1, 0.15) is 18.4 Å². The molecule has 1 heterocycles. The molecule has 1 aliphatic rings. The Morgan fingerprint density at radius 2 is 1.81 bits per heavy atom. The Hall–Kier alpha value is -1.92. The number of carbonyl (C=O) groups is 1. The van der Waals surface area contributed by atoms with Gasteiger partial charge < -0.3 is 9.80 Å². The van der Waals surface area contributed by atoms with Gasteiger partial charge in [0.1, 0.15) is 0 Å². The van der Waals surface area contributed by atoms with Gasteiger partial charge in [0.2, 0.25) is 5.91 Å². The van der Waals surface area contributed by atoms with Crippen molar-refractivity contribution in [3.05, 3.63) is 48.0 Å². The normalized spacial score (nSPS) is 18.9. The first-order valence-electron chi connectivity index (χ1n) is 9.46. The molecule has 27 heavy (non-hydrogen) atoms. The van der Waals surface area contributed by atoms with Crippen molar-refractivity contribution in [3.63, 3.8) is 0 Å². The average Bonchev–Trinajstić information content (AvgIpc) is 2.97. The summed E-state index contributed by atoms with van der Waals surface area (Å²) in [5, 5.41) is 2.27. The molecule has 0 radical (unpaired) electrons. The molecule has 0 aliphatic carbocycles. The zero-order valence-electron chi connectivity index (χ0n) is 16.1. The van der Waals surface area contributed by atoms with Gasteiger partial charge in [0.05, 0.1) is 17.9 Å². The lowest BCUT2D eigenvalue weighted by atomic mass is 10.0. The van der Waals surface area contributed by atoms with Crippen LogP contribution in [0.5, 0.6) is 0 Å². The predicted octanol–water partition coefficient (Wildman–Crippen LogP) is 2.35. The molecule has 0 aromatic heterocycles. The summed E-state index contributed by atoms with van der Waals surface area (Å²) in [5.41, 5.74) is 0.970. The molecule has 5 nitrogen and oxygen atoms in total. The minimum absolute atomic E-state index is 0.0196. The van der Waals surface area contributed by atoms with Crippen molar-refractivity contribution in [1.82, 2.24) is 9.80 Å². The smallest absolute Gasteiger partial charge is 0.227 e. The van der Waals surface area contributed by atoms with E-state index in [1.54, 1.807) is 0 Å². The van der Waals surface area contributed by atoms with Crippen molar-refractivity contribution < 1.29 is 13.2 Å². The van der Waals surface area contributed by atoms with Crippen molar-refractivity contribution >= 4 is 26.5 Å². The SMILES string of the molecule is CN(C)CCCN(C(=O)Cc1ccc2ccccc2c1)C1CCS(=O)(=O)C1. The maximum atomic E-state index is 13.0. The van der Waals surface area contributed by atoms with Gasteiger partial charge in [-0.15, -0.1) is 0 Å². The lowest BCUT2D eigenvalue weighted by Crippen LogP contribution is -2.43. The fourth-order valence-electron chi connectivity index (χ4n) is 3.71. The highest BCUT2D eigenvalue weighted by Crippen LogP contribution is 2.21. The van der Waals surface area contributed by atoms with Crippen LogP contribution in [0.2, 0.25) is 0 Å². The van der Waals surface area contributed by atoms with Crippen LogP contribution in [0, 0.1) is 0 Å². The van der Waals surface area contributed by atoms with Gasteiger partial charge in [0, 0.05) is 12.6 Å². The summed E-state index contributed by atoms with van der Waals surface area (Å²) in [4.78, 5) is 16.9. The third kappa shape index (κ3) is 5.30. The Morgan fingerprint density at radius 3 is 2.48 bits per heavy atom. The predicted molar refractivity (Wildman–Crippen MR) is 110 cm³/mol. The molecule has 0 saturated carbocycles. The third-order valence-electron chi connectivity index (χ3n) is 5.14. The van der Waals surface area contributed by atoms with Crippen LogP contribution in [0.4, 0.5) is 0 Å². The first kappa shape index (κ1) is 19.8. The maximum absolute atomic E-state index is 13.0. The molecule has 0 spiro atoms. The number of nitrogens with zero attached hydrogens (tertiary/aromatic N) is 2. The number of amides is 1. The van der Waals surface area contributed by atoms with E-state index in [-0.39, 0.29) is 23.5 Å². The monoisotopic (exact) mass is 388 g/mol. The maximum Gasteiger partial charge on any atom is 0.227 e. The zero-order valence-corrected chi connectivity index (χ0v) is 16.9. The van der Waals surface area contributed by atoms with Crippen LogP contribution >= 0.6 is 0 Å². The first-order chi connectivity index (χ1) is 12.8. The van der Waals surface area contributed by atoms with Gasteiger partial charge in [0.25, 0.3) is 0 Å². The second-order valence-corrected chi connectivity index (χ2v) is 9.89. The van der Waals surface area contributed by atoms with Crippen LogP contribution in [0.15, 0.2) is 42.5 Å². The van der Waals surface area contributed by atoms with Gasteiger partial charge in [-0.3, -0.25) is 4.79 Å². The van der Waals surface area contributed by atoms with Gasteiger partial charge >= 0.3 is 0 Å². The lowest BCUT2D eigenvalue weighted by Gasteiger charge is -2.29. The van der Waals surface area contributed by atoms with Crippen molar-refractivity contribution in [2.45, 2.75) is 25.3 Å². The summed E-state index contributed by atoms with van der Waals surface area (Å²) in [6.07, 6.45) is 1.70. The number of carbonyl (C=O) groups excluding carboxylic acids is 1. The van der Waals surface area contributed by atoms with Crippen molar-refractivity contribution in [3.8, 4) is 0 Å². The van der Waals surface area contributed by atoms with Crippen LogP contribution in [-0.2, 0) is 21.1 Å². The summed E-state index contributed by atoms with van der Waals surface area (Å²) in [6.45, 7) is 1.48. The molecular formula is C21H28N2O3S. The zero-order chi connectivity index (χ0) is 19.4. The molecule has 1 amide bonds. The number of rotatable bonds is 7. The quantitative estimate of drug-likeness (QED) is 0.731. The summed E-state index contributed by atoms with van der Waals surface area (Å²) < 4.78 is 23.8. The highest BCUT2D eigenvalue weighted by Gasteiger charge is 2.34. The Morgan fingerprint density at radius 1 is 1.07 bits per heavy atom. The highest BCUT2D eigenvalue weighted by molar-refractivity contribution is 7.91. The van der Waals surface area contributed by atoms with E-state index in [9.17, 15) is 13.2 Å². The Kier molecular flexibility index (Phi) is 6.17. The molecule has 2 aromatic rings. The minimum atomic E-state index is -3.02. The number of sulfone groups is 1. The fraction of sp³-hybridized carbons (Fsp3) is 0.476. The van der Waals surface area contributed by atoms with E-state index >= 15 is 0 Å². The van der Waals surface area contributed by atoms with E-state index in [2.05, 4.69) is 17.0 Å². The number of hydrogen-bond acceptors (Lipinski definition) is 4. The summed E-state index contributed by atoms with van der Waals surface area (Å²) >= 11 is 0. The van der Waals surface area contributed by atoms with E-state index in [0.29, 0.717) is 19.4 Å². The van der Waals surface area contributed by atoms with E-state index in [0.717, 1.165) is 29.3 Å². The average molecular weight is 389 g/mol. The number of benzene rings is 2. The van der Waals surface area contributed by atoms with Crippen molar-refractivity contribution in [2.24, 2.45) is 0 Å². The lowest BCUT2D eigenvalue weighted by molar-refractivity contribution is -0.132. The van der Waals surface area contributed by atoms with Crippen LogP contribution in [0.25, 0.3) is 10.8 Å². The van der Waals surface area contributed by atoms with Crippen molar-refractivity contribution in [1.29, 1.82) is 0 Å². The second kappa shape index (κ2) is 8.40. The molecular weight excluding hydrogens is 360 g/mol. The Balaban J connectivity index is 1.74. The van der Waals surface area contributed by atoms with E-state index < -0.39 is 9.84 Å². The Labute approximate surface area is 161 Å². The van der Waals surface area contributed by atoms with Gasteiger partial charge in [-0.2, -0.15) is 0 Å². The highest BCUT2D eigenvalue weighted by atomic mass is 32.2. The minimum Gasteiger partial charge on any atom is -0.338 e. The molecule has 2 aromatic carbocycles. The summed E-state index contributed by atoms with van der Waals surface area (Å²) in [6, 6.07) is 14.0. The molecule has 3 rings (SSSR count). The van der Waals surface area contributed by atoms with E-state index in [1.165, 1.54) is 0 Å². The summed E-state index contributed by atoms with van der Waals surface area (Å²) in [5.74, 6) is 0.301. The van der Waals surface area contributed by atoms with E-state index in [4.69, 9.17) is 0 Å². The number of fused-ring (bicyclic) bond motifs is 1. The molecule has 1 atom stereocenters. The largest absolute Gasteiger partial charge is 0.338 e. The molecule has 0 N–H and O–H groups in total. The summed E-state index contributed by atoms with van der Waals surface area (Å²) in [7, 11) is 0.981. The molecule has 1 aliphatic heterocycles.